The zero-order valence-electron chi connectivity index (χ0n) is 26.3. The average Bonchev–Trinajstić information content (AvgIpc) is 3.82. The molecular formula is C32H33Cl2N3O9S2. The summed E-state index contributed by atoms with van der Waals surface area (Å²) in [5, 5.41) is 10.9. The predicted octanol–water partition coefficient (Wildman–Crippen LogP) is 4.97. The molecular weight excluding hydrogens is 705 g/mol. The number of nitrogens with zero attached hydrogens (tertiary/aromatic N) is 3. The maximum Gasteiger partial charge on any atom is 0.335 e. The second-order valence-electron chi connectivity index (χ2n) is 11.8. The number of halogens is 2. The molecule has 0 bridgehead atoms. The molecule has 1 unspecified atom stereocenters. The quantitative estimate of drug-likeness (QED) is 0.168. The van der Waals surface area contributed by atoms with Crippen LogP contribution < -0.4 is 18.9 Å². The van der Waals surface area contributed by atoms with Gasteiger partial charge in [0.15, 0.2) is 29.3 Å². The van der Waals surface area contributed by atoms with Crippen LogP contribution in [0.1, 0.15) is 53.3 Å². The van der Waals surface area contributed by atoms with Crippen molar-refractivity contribution < 1.29 is 41.7 Å². The number of fused-ring (bicyclic) bond motifs is 1. The number of rotatable bonds is 9. The third-order valence-electron chi connectivity index (χ3n) is 8.46. The minimum Gasteiger partial charge on any atom is -0.619 e. The van der Waals surface area contributed by atoms with Crippen molar-refractivity contribution in [3.63, 3.8) is 0 Å². The Morgan fingerprint density at radius 1 is 1.12 bits per heavy atom. The number of aromatic nitrogens is 1. The van der Waals surface area contributed by atoms with E-state index in [1.807, 2.05) is 0 Å². The summed E-state index contributed by atoms with van der Waals surface area (Å²) in [7, 11) is 0.423. The number of thioether (sulfide) groups is 1. The molecule has 48 heavy (non-hydrogen) atoms. The Morgan fingerprint density at radius 2 is 1.81 bits per heavy atom. The highest BCUT2D eigenvalue weighted by molar-refractivity contribution is 8.02. The molecule has 16 heteroatoms. The lowest BCUT2D eigenvalue weighted by atomic mass is 10.00. The number of hydrogen-bond donors (Lipinski definition) is 0. The number of benzene rings is 2. The number of pyridine rings is 1. The molecule has 2 fully saturated rings. The molecule has 1 amide bonds. The van der Waals surface area contributed by atoms with Gasteiger partial charge in [-0.05, 0) is 43.2 Å². The minimum absolute atomic E-state index is 0.0422. The van der Waals surface area contributed by atoms with Crippen LogP contribution in [0.2, 0.25) is 10.0 Å². The molecule has 2 aromatic carbocycles. The van der Waals surface area contributed by atoms with E-state index in [9.17, 15) is 23.2 Å². The third-order valence-corrected chi connectivity index (χ3v) is 12.3. The van der Waals surface area contributed by atoms with Crippen molar-refractivity contribution in [1.82, 2.24) is 9.21 Å². The SMILES string of the molecule is COc1ccc(C(Cc2c(Cl)c[n+]([O-])cc2Cl)OC(=O)[C@@H]2SCCN2S(=O)(=O)c2cccc(C(=O)N(C)C)c2)c2c1OC1(CCCC1)O2. The van der Waals surface area contributed by atoms with E-state index in [1.165, 1.54) is 36.3 Å². The number of methoxy groups -OCH3 is 1. The molecule has 2 atom stereocenters. The van der Waals surface area contributed by atoms with E-state index in [4.69, 9.17) is 42.1 Å². The maximum absolute atomic E-state index is 14.0. The van der Waals surface area contributed by atoms with Crippen LogP contribution >= 0.6 is 35.0 Å². The van der Waals surface area contributed by atoms with Crippen LogP contribution in [0.5, 0.6) is 17.2 Å². The van der Waals surface area contributed by atoms with Gasteiger partial charge in [-0.25, -0.2) is 13.2 Å². The van der Waals surface area contributed by atoms with Gasteiger partial charge in [0.1, 0.15) is 16.1 Å². The lowest BCUT2D eigenvalue weighted by Crippen LogP contribution is -2.41. The van der Waals surface area contributed by atoms with Gasteiger partial charge in [-0.15, -0.1) is 11.8 Å². The van der Waals surface area contributed by atoms with Gasteiger partial charge in [0.05, 0.1) is 12.0 Å². The summed E-state index contributed by atoms with van der Waals surface area (Å²) in [6.45, 7) is 0.0422. The van der Waals surface area contributed by atoms with Crippen LogP contribution in [0.25, 0.3) is 0 Å². The second kappa shape index (κ2) is 13.5. The number of ether oxygens (including phenoxy) is 4. The highest BCUT2D eigenvalue weighted by atomic mass is 35.5. The maximum atomic E-state index is 14.0. The van der Waals surface area contributed by atoms with E-state index in [2.05, 4.69) is 0 Å². The molecule has 3 aromatic rings. The van der Waals surface area contributed by atoms with Gasteiger partial charge in [0.25, 0.3) is 11.7 Å². The Morgan fingerprint density at radius 3 is 2.48 bits per heavy atom. The standard InChI is InChI=1S/C32H33Cl2N3O9S2/c1-35(2)29(38)19-7-6-8-20(15-19)48(41,42)37-13-14-47-30(37)31(39)44-26(16-22-23(33)17-36(40)18-24(22)34)21-9-10-25(43-3)28-27(21)45-32(46-28)11-4-5-12-32/h6-10,15,17-18,26,30H,4-5,11-14,16H2,1-3H3/t26?,30-/m0/s1. The van der Waals surface area contributed by atoms with E-state index in [-0.39, 0.29) is 39.4 Å². The van der Waals surface area contributed by atoms with E-state index in [0.717, 1.165) is 41.3 Å². The molecule has 0 N–H and O–H groups in total. The topological polar surface area (TPSA) is 139 Å². The van der Waals surface area contributed by atoms with Gasteiger partial charge < -0.3 is 29.1 Å². The van der Waals surface area contributed by atoms with Crippen molar-refractivity contribution in [3.8, 4) is 17.2 Å². The number of carbonyl (C=O) groups excluding carboxylic acids is 2. The van der Waals surface area contributed by atoms with Crippen molar-refractivity contribution in [3.05, 3.63) is 80.7 Å². The van der Waals surface area contributed by atoms with Gasteiger partial charge in [0, 0.05) is 62.3 Å². The summed E-state index contributed by atoms with van der Waals surface area (Å²) in [5.41, 5.74) is 0.966. The van der Waals surface area contributed by atoms with E-state index >= 15 is 0 Å². The van der Waals surface area contributed by atoms with Crippen molar-refractivity contribution in [2.24, 2.45) is 0 Å². The fourth-order valence-corrected chi connectivity index (χ4v) is 9.77. The van der Waals surface area contributed by atoms with E-state index in [0.29, 0.717) is 51.7 Å². The van der Waals surface area contributed by atoms with Crippen molar-refractivity contribution in [2.45, 2.75) is 54.3 Å². The summed E-state index contributed by atoms with van der Waals surface area (Å²) in [5.74, 6) is -0.603. The number of amides is 1. The minimum atomic E-state index is -4.23. The molecule has 1 aromatic heterocycles. The Labute approximate surface area is 292 Å². The summed E-state index contributed by atoms with van der Waals surface area (Å²) in [6.07, 6.45) is 4.24. The summed E-state index contributed by atoms with van der Waals surface area (Å²) >= 11 is 14.0. The lowest BCUT2D eigenvalue weighted by molar-refractivity contribution is -0.605. The first kappa shape index (κ1) is 34.4. The first-order valence-corrected chi connectivity index (χ1v) is 18.4. The number of hydrogen-bond acceptors (Lipinski definition) is 10. The molecule has 1 saturated carbocycles. The van der Waals surface area contributed by atoms with Gasteiger partial charge in [0.2, 0.25) is 15.8 Å². The summed E-state index contributed by atoms with van der Waals surface area (Å²) in [4.78, 5) is 27.8. The zero-order valence-corrected chi connectivity index (χ0v) is 29.5. The molecule has 2 aliphatic heterocycles. The first-order chi connectivity index (χ1) is 22.8. The van der Waals surface area contributed by atoms with Crippen LogP contribution in [0.3, 0.4) is 0 Å². The lowest BCUT2D eigenvalue weighted by Gasteiger charge is -2.26. The Bertz CT molecular complexity index is 1850. The van der Waals surface area contributed by atoms with Crippen molar-refractivity contribution >= 4 is 56.9 Å². The highest BCUT2D eigenvalue weighted by Crippen LogP contribution is 2.54. The number of carbonyl (C=O) groups is 2. The van der Waals surface area contributed by atoms with Crippen molar-refractivity contribution in [2.75, 3.05) is 33.5 Å². The molecule has 1 saturated heterocycles. The van der Waals surface area contributed by atoms with Gasteiger partial charge >= 0.3 is 5.97 Å². The summed E-state index contributed by atoms with van der Waals surface area (Å²) < 4.78 is 53.9. The molecule has 256 valence electrons. The highest BCUT2D eigenvalue weighted by Gasteiger charge is 2.48. The van der Waals surface area contributed by atoms with E-state index in [1.54, 1.807) is 26.2 Å². The Balaban J connectivity index is 1.35. The fourth-order valence-electron chi connectivity index (χ4n) is 6.08. The molecule has 6 rings (SSSR count). The van der Waals surface area contributed by atoms with Crippen LogP contribution in [-0.4, -0.2) is 74.2 Å². The van der Waals surface area contributed by atoms with Crippen LogP contribution in [-0.2, 0) is 26.0 Å². The van der Waals surface area contributed by atoms with Crippen LogP contribution in [0, 0.1) is 5.21 Å². The number of sulfonamides is 1. The molecule has 3 aliphatic rings. The van der Waals surface area contributed by atoms with Gasteiger partial charge in [-0.2, -0.15) is 9.04 Å². The van der Waals surface area contributed by atoms with Crippen molar-refractivity contribution in [1.29, 1.82) is 0 Å². The molecule has 12 nitrogen and oxygen atoms in total. The average molecular weight is 739 g/mol. The third kappa shape index (κ3) is 6.48. The monoisotopic (exact) mass is 737 g/mol. The van der Waals surface area contributed by atoms with E-state index < -0.39 is 33.3 Å². The first-order valence-electron chi connectivity index (χ1n) is 15.1. The molecule has 1 spiro atoms. The largest absolute Gasteiger partial charge is 0.619 e. The second-order valence-corrected chi connectivity index (χ2v) is 15.7. The predicted molar refractivity (Wildman–Crippen MR) is 178 cm³/mol. The normalized spacial score (nSPS) is 19.0. The Hall–Kier alpha value is -3.43. The van der Waals surface area contributed by atoms with Gasteiger partial charge in [-0.1, -0.05) is 29.3 Å². The zero-order chi connectivity index (χ0) is 34.4. The molecule has 1 aliphatic carbocycles. The van der Waals surface area contributed by atoms with Crippen LogP contribution in [0.4, 0.5) is 0 Å². The Kier molecular flexibility index (Phi) is 9.66. The fraction of sp³-hybridized carbons (Fsp3) is 0.406. The molecule has 3 heterocycles. The van der Waals surface area contributed by atoms with Crippen LogP contribution in [0.15, 0.2) is 53.7 Å². The smallest absolute Gasteiger partial charge is 0.335 e. The van der Waals surface area contributed by atoms with Gasteiger partial charge in [-0.3, -0.25) is 4.79 Å². The number of esters is 1. The molecule has 0 radical (unpaired) electrons. The summed E-state index contributed by atoms with van der Waals surface area (Å²) in [6, 6.07) is 9.06.